The lowest BCUT2D eigenvalue weighted by atomic mass is 9.85. The standard InChI is InChI=1S/C14H25NO/c1-15-14(13-9-6-10-16-11-13)12-7-4-2-3-5-8-12/h11-12,14-15H,2-10H2,1H3. The van der Waals surface area contributed by atoms with E-state index in [-0.39, 0.29) is 0 Å². The highest BCUT2D eigenvalue weighted by Gasteiger charge is 2.25. The maximum Gasteiger partial charge on any atom is 0.0876 e. The molecule has 0 saturated heterocycles. The molecule has 1 atom stereocenters. The van der Waals surface area contributed by atoms with Gasteiger partial charge in [-0.1, -0.05) is 25.7 Å². The summed E-state index contributed by atoms with van der Waals surface area (Å²) >= 11 is 0. The lowest BCUT2D eigenvalue weighted by Gasteiger charge is -2.29. The molecule has 92 valence electrons. The third kappa shape index (κ3) is 3.00. The minimum absolute atomic E-state index is 0.568. The largest absolute Gasteiger partial charge is 0.501 e. The zero-order chi connectivity index (χ0) is 11.2. The van der Waals surface area contributed by atoms with Crippen molar-refractivity contribution in [1.29, 1.82) is 0 Å². The van der Waals surface area contributed by atoms with E-state index in [0.717, 1.165) is 12.5 Å². The topological polar surface area (TPSA) is 21.3 Å². The number of hydrogen-bond donors (Lipinski definition) is 1. The summed E-state index contributed by atoms with van der Waals surface area (Å²) in [4.78, 5) is 0. The number of rotatable bonds is 3. The number of nitrogens with one attached hydrogen (secondary N) is 1. The number of likely N-dealkylation sites (N-methyl/N-ethyl adjacent to an activating group) is 1. The normalized spacial score (nSPS) is 25.4. The molecule has 1 heterocycles. The summed E-state index contributed by atoms with van der Waals surface area (Å²) in [6.45, 7) is 0.907. The van der Waals surface area contributed by atoms with Crippen molar-refractivity contribution in [2.45, 2.75) is 57.4 Å². The smallest absolute Gasteiger partial charge is 0.0876 e. The van der Waals surface area contributed by atoms with Crippen molar-refractivity contribution >= 4 is 0 Å². The summed E-state index contributed by atoms with van der Waals surface area (Å²) in [6, 6.07) is 0.568. The molecule has 0 aromatic heterocycles. The fourth-order valence-corrected chi connectivity index (χ4v) is 3.18. The summed E-state index contributed by atoms with van der Waals surface area (Å²) in [5.74, 6) is 0.834. The van der Waals surface area contributed by atoms with Gasteiger partial charge in [0, 0.05) is 6.04 Å². The van der Waals surface area contributed by atoms with E-state index >= 15 is 0 Å². The van der Waals surface area contributed by atoms with Crippen LogP contribution in [0.15, 0.2) is 11.8 Å². The molecule has 0 bridgehead atoms. The first-order chi connectivity index (χ1) is 7.92. The van der Waals surface area contributed by atoms with Gasteiger partial charge in [-0.05, 0) is 44.2 Å². The molecule has 1 unspecified atom stereocenters. The lowest BCUT2D eigenvalue weighted by molar-refractivity contribution is 0.213. The van der Waals surface area contributed by atoms with Crippen LogP contribution in [0.1, 0.15) is 51.4 Å². The Balaban J connectivity index is 1.99. The predicted octanol–water partition coefficient (Wildman–Crippen LogP) is 3.24. The SMILES string of the molecule is CNC(C1=COCCC1)C1CCCCCC1. The molecular weight excluding hydrogens is 198 g/mol. The van der Waals surface area contributed by atoms with Gasteiger partial charge in [-0.3, -0.25) is 0 Å². The molecule has 2 nitrogen and oxygen atoms in total. The first-order valence-electron chi connectivity index (χ1n) is 6.89. The van der Waals surface area contributed by atoms with Crippen LogP contribution >= 0.6 is 0 Å². The van der Waals surface area contributed by atoms with Crippen molar-refractivity contribution in [3.05, 3.63) is 11.8 Å². The van der Waals surface area contributed by atoms with Crippen LogP contribution < -0.4 is 5.32 Å². The maximum atomic E-state index is 5.48. The average Bonchev–Trinajstić information content (AvgIpc) is 2.61. The van der Waals surface area contributed by atoms with Crippen molar-refractivity contribution in [3.63, 3.8) is 0 Å². The molecule has 1 saturated carbocycles. The first kappa shape index (κ1) is 12.0. The molecule has 1 N–H and O–H groups in total. The van der Waals surface area contributed by atoms with Gasteiger partial charge in [-0.15, -0.1) is 0 Å². The van der Waals surface area contributed by atoms with Crippen LogP contribution in [0.5, 0.6) is 0 Å². The fraction of sp³-hybridized carbons (Fsp3) is 0.857. The van der Waals surface area contributed by atoms with Gasteiger partial charge in [0.25, 0.3) is 0 Å². The van der Waals surface area contributed by atoms with Gasteiger partial charge in [-0.2, -0.15) is 0 Å². The third-order valence-electron chi connectivity index (χ3n) is 4.04. The zero-order valence-corrected chi connectivity index (χ0v) is 10.5. The Labute approximate surface area is 99.4 Å². The molecule has 1 fully saturated rings. The molecule has 0 aromatic rings. The van der Waals surface area contributed by atoms with Gasteiger partial charge >= 0.3 is 0 Å². The van der Waals surface area contributed by atoms with E-state index < -0.39 is 0 Å². The van der Waals surface area contributed by atoms with Crippen LogP contribution in [-0.4, -0.2) is 19.7 Å². The molecule has 0 spiro atoms. The molecule has 2 aliphatic rings. The monoisotopic (exact) mass is 223 g/mol. The van der Waals surface area contributed by atoms with Gasteiger partial charge in [0.05, 0.1) is 12.9 Å². The van der Waals surface area contributed by atoms with E-state index in [4.69, 9.17) is 4.74 Å². The van der Waals surface area contributed by atoms with Crippen LogP contribution in [-0.2, 0) is 4.74 Å². The molecule has 1 aliphatic carbocycles. The Bertz CT molecular complexity index is 229. The quantitative estimate of drug-likeness (QED) is 0.742. The molecule has 0 radical (unpaired) electrons. The maximum absolute atomic E-state index is 5.48. The molecule has 2 heteroatoms. The van der Waals surface area contributed by atoms with E-state index in [1.165, 1.54) is 56.9 Å². The minimum Gasteiger partial charge on any atom is -0.501 e. The van der Waals surface area contributed by atoms with Gasteiger partial charge in [-0.25, -0.2) is 0 Å². The van der Waals surface area contributed by atoms with Gasteiger partial charge < -0.3 is 10.1 Å². The molecule has 0 aromatic carbocycles. The Hall–Kier alpha value is -0.500. The summed E-state index contributed by atoms with van der Waals surface area (Å²) in [5, 5.41) is 3.52. The summed E-state index contributed by atoms with van der Waals surface area (Å²) < 4.78 is 5.48. The minimum atomic E-state index is 0.568. The second kappa shape index (κ2) is 6.29. The highest BCUT2D eigenvalue weighted by atomic mass is 16.5. The van der Waals surface area contributed by atoms with E-state index in [2.05, 4.69) is 12.4 Å². The Morgan fingerprint density at radius 3 is 2.50 bits per heavy atom. The predicted molar refractivity (Wildman–Crippen MR) is 67.3 cm³/mol. The molecule has 16 heavy (non-hydrogen) atoms. The summed E-state index contributed by atoms with van der Waals surface area (Å²) in [6.07, 6.45) is 12.9. The lowest BCUT2D eigenvalue weighted by Crippen LogP contribution is -2.36. The first-order valence-corrected chi connectivity index (χ1v) is 6.89. The van der Waals surface area contributed by atoms with Crippen LogP contribution in [0.4, 0.5) is 0 Å². The third-order valence-corrected chi connectivity index (χ3v) is 4.04. The van der Waals surface area contributed by atoms with Crippen LogP contribution in [0.3, 0.4) is 0 Å². The van der Waals surface area contributed by atoms with Crippen LogP contribution in [0.2, 0.25) is 0 Å². The zero-order valence-electron chi connectivity index (χ0n) is 10.5. The second-order valence-electron chi connectivity index (χ2n) is 5.19. The summed E-state index contributed by atoms with van der Waals surface area (Å²) in [7, 11) is 2.10. The van der Waals surface area contributed by atoms with Crippen molar-refractivity contribution in [2.75, 3.05) is 13.7 Å². The van der Waals surface area contributed by atoms with Gasteiger partial charge in [0.1, 0.15) is 0 Å². The molecular formula is C14H25NO. The molecule has 2 rings (SSSR count). The summed E-state index contributed by atoms with van der Waals surface area (Å²) in [5.41, 5.74) is 1.50. The molecule has 1 aliphatic heterocycles. The van der Waals surface area contributed by atoms with Crippen molar-refractivity contribution < 1.29 is 4.74 Å². The van der Waals surface area contributed by atoms with E-state index in [1.54, 1.807) is 0 Å². The Kier molecular flexibility index (Phi) is 4.70. The fourth-order valence-electron chi connectivity index (χ4n) is 3.18. The van der Waals surface area contributed by atoms with E-state index in [0.29, 0.717) is 6.04 Å². The highest BCUT2D eigenvalue weighted by molar-refractivity contribution is 5.11. The van der Waals surface area contributed by atoms with E-state index in [9.17, 15) is 0 Å². The van der Waals surface area contributed by atoms with Gasteiger partial charge in [0.15, 0.2) is 0 Å². The highest BCUT2D eigenvalue weighted by Crippen LogP contribution is 2.30. The van der Waals surface area contributed by atoms with Crippen LogP contribution in [0.25, 0.3) is 0 Å². The van der Waals surface area contributed by atoms with E-state index in [1.807, 2.05) is 6.26 Å². The number of ether oxygens (including phenoxy) is 1. The molecule has 0 amide bonds. The van der Waals surface area contributed by atoms with Crippen molar-refractivity contribution in [3.8, 4) is 0 Å². The van der Waals surface area contributed by atoms with Gasteiger partial charge in [0.2, 0.25) is 0 Å². The average molecular weight is 223 g/mol. The number of hydrogen-bond acceptors (Lipinski definition) is 2. The Morgan fingerprint density at radius 2 is 1.94 bits per heavy atom. The second-order valence-corrected chi connectivity index (χ2v) is 5.19. The van der Waals surface area contributed by atoms with Crippen LogP contribution in [0, 0.1) is 5.92 Å². The van der Waals surface area contributed by atoms with Crippen molar-refractivity contribution in [1.82, 2.24) is 5.32 Å². The van der Waals surface area contributed by atoms with Crippen molar-refractivity contribution in [2.24, 2.45) is 5.92 Å². The Morgan fingerprint density at radius 1 is 1.19 bits per heavy atom.